The van der Waals surface area contributed by atoms with Crippen molar-refractivity contribution in [3.05, 3.63) is 51.8 Å². The first-order valence-electron chi connectivity index (χ1n) is 5.32. The van der Waals surface area contributed by atoms with Gasteiger partial charge in [-0.2, -0.15) is 5.26 Å². The van der Waals surface area contributed by atoms with Crippen molar-refractivity contribution < 1.29 is 0 Å². The highest BCUT2D eigenvalue weighted by Gasteiger charge is 2.10. The average Bonchev–Trinajstić information content (AvgIpc) is 2.74. The van der Waals surface area contributed by atoms with Crippen molar-refractivity contribution >= 4 is 22.8 Å². The minimum absolute atomic E-state index is 0.344. The Hall–Kier alpha value is -2.65. The SMILES string of the molecule is N#Cc1cnc2c(c1)[nH]c(=O)n2-c1ccc(Cl)nc1. The van der Waals surface area contributed by atoms with Crippen molar-refractivity contribution in [1.82, 2.24) is 19.5 Å². The summed E-state index contributed by atoms with van der Waals surface area (Å²) in [6, 6.07) is 6.80. The number of imidazole rings is 1. The molecule has 3 heterocycles. The van der Waals surface area contributed by atoms with Gasteiger partial charge in [0, 0.05) is 6.20 Å². The van der Waals surface area contributed by atoms with Crippen molar-refractivity contribution in [1.29, 1.82) is 5.26 Å². The Morgan fingerprint density at radius 2 is 2.16 bits per heavy atom. The molecular formula is C12H6ClN5O. The number of nitrogens with zero attached hydrogens (tertiary/aromatic N) is 4. The number of fused-ring (bicyclic) bond motifs is 1. The Balaban J connectivity index is 2.30. The summed E-state index contributed by atoms with van der Waals surface area (Å²) < 4.78 is 1.37. The minimum atomic E-state index is -0.346. The molecule has 0 amide bonds. The van der Waals surface area contributed by atoms with E-state index >= 15 is 0 Å². The fourth-order valence-electron chi connectivity index (χ4n) is 1.80. The van der Waals surface area contributed by atoms with E-state index in [2.05, 4.69) is 15.0 Å². The van der Waals surface area contributed by atoms with Crippen LogP contribution < -0.4 is 5.69 Å². The summed E-state index contributed by atoms with van der Waals surface area (Å²) in [5.41, 5.74) is 1.53. The molecule has 0 radical (unpaired) electrons. The third-order valence-corrected chi connectivity index (χ3v) is 2.85. The van der Waals surface area contributed by atoms with Gasteiger partial charge in [0.25, 0.3) is 0 Å². The van der Waals surface area contributed by atoms with Crippen molar-refractivity contribution in [2.45, 2.75) is 0 Å². The molecular weight excluding hydrogens is 266 g/mol. The molecule has 3 aromatic heterocycles. The molecule has 92 valence electrons. The molecule has 0 atom stereocenters. The Kier molecular flexibility index (Phi) is 2.54. The molecule has 0 aromatic carbocycles. The summed E-state index contributed by atoms with van der Waals surface area (Å²) in [5, 5.41) is 9.15. The number of nitrogens with one attached hydrogen (secondary N) is 1. The predicted molar refractivity (Wildman–Crippen MR) is 69.2 cm³/mol. The van der Waals surface area contributed by atoms with Crippen LogP contribution in [-0.2, 0) is 0 Å². The standard InChI is InChI=1S/C12H6ClN5O/c13-10-2-1-8(6-15-10)18-11-9(17-12(18)19)3-7(4-14)5-16-11/h1-3,5-6H,(H,17,19). The smallest absolute Gasteiger partial charge is 0.304 e. The number of H-pyrrole nitrogens is 1. The molecule has 0 aliphatic rings. The number of aromatic amines is 1. The Labute approximate surface area is 111 Å². The summed E-state index contributed by atoms with van der Waals surface area (Å²) in [6.45, 7) is 0. The predicted octanol–water partition coefficient (Wildman–Crippen LogP) is 1.63. The lowest BCUT2D eigenvalue weighted by molar-refractivity contribution is 0.988. The zero-order valence-corrected chi connectivity index (χ0v) is 10.2. The average molecular weight is 272 g/mol. The van der Waals surface area contributed by atoms with E-state index in [-0.39, 0.29) is 5.69 Å². The Bertz CT molecular complexity index is 856. The summed E-state index contributed by atoms with van der Waals surface area (Å²) >= 11 is 5.71. The summed E-state index contributed by atoms with van der Waals surface area (Å²) in [5.74, 6) is 0. The van der Waals surface area contributed by atoms with Crippen molar-refractivity contribution in [2.24, 2.45) is 0 Å². The summed E-state index contributed by atoms with van der Waals surface area (Å²) in [6.07, 6.45) is 2.90. The van der Waals surface area contributed by atoms with Crippen molar-refractivity contribution in [3.8, 4) is 11.8 Å². The molecule has 1 N–H and O–H groups in total. The van der Waals surface area contributed by atoms with Crippen molar-refractivity contribution in [3.63, 3.8) is 0 Å². The highest BCUT2D eigenvalue weighted by atomic mass is 35.5. The van der Waals surface area contributed by atoms with Gasteiger partial charge in [0.1, 0.15) is 11.2 Å². The van der Waals surface area contributed by atoms with Gasteiger partial charge in [-0.15, -0.1) is 0 Å². The molecule has 0 aliphatic carbocycles. The molecule has 0 saturated heterocycles. The number of hydrogen-bond donors (Lipinski definition) is 1. The van der Waals surface area contributed by atoms with Gasteiger partial charge in [0.15, 0.2) is 5.65 Å². The first-order chi connectivity index (χ1) is 9.19. The second-order valence-corrected chi connectivity index (χ2v) is 4.20. The van der Waals surface area contributed by atoms with E-state index in [0.717, 1.165) is 0 Å². The first-order valence-corrected chi connectivity index (χ1v) is 5.69. The van der Waals surface area contributed by atoms with Crippen LogP contribution in [0, 0.1) is 11.3 Å². The molecule has 0 bridgehead atoms. The number of nitriles is 1. The molecule has 6 nitrogen and oxygen atoms in total. The van der Waals surface area contributed by atoms with Gasteiger partial charge in [0.2, 0.25) is 0 Å². The highest BCUT2D eigenvalue weighted by Crippen LogP contribution is 2.15. The number of halogens is 1. The van der Waals surface area contributed by atoms with Crippen LogP contribution in [0.4, 0.5) is 0 Å². The summed E-state index contributed by atoms with van der Waals surface area (Å²) in [4.78, 5) is 22.6. The van der Waals surface area contributed by atoms with Gasteiger partial charge in [-0.3, -0.25) is 0 Å². The number of aromatic nitrogens is 4. The first kappa shape index (κ1) is 11.4. The monoisotopic (exact) mass is 271 g/mol. The maximum Gasteiger partial charge on any atom is 0.332 e. The van der Waals surface area contributed by atoms with Gasteiger partial charge < -0.3 is 4.98 Å². The molecule has 0 unspecified atom stereocenters. The second kappa shape index (κ2) is 4.23. The van der Waals surface area contributed by atoms with E-state index in [1.165, 1.54) is 17.0 Å². The fraction of sp³-hybridized carbons (Fsp3) is 0. The lowest BCUT2D eigenvalue weighted by atomic mass is 10.3. The third kappa shape index (κ3) is 1.86. The topological polar surface area (TPSA) is 87.4 Å². The normalized spacial score (nSPS) is 10.5. The van der Waals surface area contributed by atoms with Crippen LogP contribution >= 0.6 is 11.6 Å². The maximum atomic E-state index is 11.9. The molecule has 0 spiro atoms. The van der Waals surface area contributed by atoms with E-state index in [1.54, 1.807) is 18.2 Å². The maximum absolute atomic E-state index is 11.9. The molecule has 7 heteroatoms. The largest absolute Gasteiger partial charge is 0.332 e. The van der Waals surface area contributed by atoms with Crippen LogP contribution in [0.2, 0.25) is 5.15 Å². The van der Waals surface area contributed by atoms with Crippen LogP contribution in [-0.4, -0.2) is 19.5 Å². The Morgan fingerprint density at radius 1 is 1.32 bits per heavy atom. The van der Waals surface area contributed by atoms with E-state index in [4.69, 9.17) is 16.9 Å². The zero-order chi connectivity index (χ0) is 13.4. The van der Waals surface area contributed by atoms with Crippen molar-refractivity contribution in [2.75, 3.05) is 0 Å². The van der Waals surface area contributed by atoms with Gasteiger partial charge >= 0.3 is 5.69 Å². The van der Waals surface area contributed by atoms with E-state index in [9.17, 15) is 4.79 Å². The van der Waals surface area contributed by atoms with Crippen LogP contribution in [0.5, 0.6) is 0 Å². The van der Waals surface area contributed by atoms with E-state index in [1.807, 2.05) is 6.07 Å². The third-order valence-electron chi connectivity index (χ3n) is 2.62. The van der Waals surface area contributed by atoms with Crippen LogP contribution in [0.15, 0.2) is 35.4 Å². The number of hydrogen-bond acceptors (Lipinski definition) is 4. The second-order valence-electron chi connectivity index (χ2n) is 3.81. The fourth-order valence-corrected chi connectivity index (χ4v) is 1.91. The van der Waals surface area contributed by atoms with Crippen LogP contribution in [0.3, 0.4) is 0 Å². The number of pyridine rings is 2. The molecule has 3 aromatic rings. The van der Waals surface area contributed by atoms with Gasteiger partial charge in [0.05, 0.1) is 23.0 Å². The molecule has 0 aliphatic heterocycles. The van der Waals surface area contributed by atoms with Gasteiger partial charge in [-0.1, -0.05) is 11.6 Å². The van der Waals surface area contributed by atoms with E-state index in [0.29, 0.717) is 27.6 Å². The molecule has 0 saturated carbocycles. The lowest BCUT2D eigenvalue weighted by Crippen LogP contribution is -2.15. The van der Waals surface area contributed by atoms with Gasteiger partial charge in [-0.05, 0) is 18.2 Å². The summed E-state index contributed by atoms with van der Waals surface area (Å²) in [7, 11) is 0. The van der Waals surface area contributed by atoms with Gasteiger partial charge in [-0.25, -0.2) is 19.3 Å². The quantitative estimate of drug-likeness (QED) is 0.682. The van der Waals surface area contributed by atoms with Crippen LogP contribution in [0.1, 0.15) is 5.56 Å². The number of rotatable bonds is 1. The minimum Gasteiger partial charge on any atom is -0.304 e. The molecule has 19 heavy (non-hydrogen) atoms. The lowest BCUT2D eigenvalue weighted by Gasteiger charge is -2.01. The molecule has 0 fully saturated rings. The molecule has 3 rings (SSSR count). The highest BCUT2D eigenvalue weighted by molar-refractivity contribution is 6.29. The Morgan fingerprint density at radius 3 is 2.84 bits per heavy atom. The van der Waals surface area contributed by atoms with E-state index < -0.39 is 0 Å². The van der Waals surface area contributed by atoms with Crippen LogP contribution in [0.25, 0.3) is 16.9 Å². The zero-order valence-electron chi connectivity index (χ0n) is 9.46.